The topological polar surface area (TPSA) is 70.0 Å². The van der Waals surface area contributed by atoms with Crippen LogP contribution in [0.4, 0.5) is 5.69 Å². The number of hydrogen-bond acceptors (Lipinski definition) is 3. The van der Waals surface area contributed by atoms with Crippen LogP contribution in [0.3, 0.4) is 0 Å². The Kier molecular flexibility index (Phi) is 4.42. The van der Waals surface area contributed by atoms with Crippen LogP contribution in [0.1, 0.15) is 11.1 Å². The van der Waals surface area contributed by atoms with Gasteiger partial charge in [-0.05, 0) is 35.9 Å². The van der Waals surface area contributed by atoms with Gasteiger partial charge in [-0.15, -0.1) is 0 Å². The summed E-state index contributed by atoms with van der Waals surface area (Å²) < 4.78 is 27.0. The summed E-state index contributed by atoms with van der Waals surface area (Å²) in [5.74, 6) is 0. The Hall–Kier alpha value is -1.84. The van der Waals surface area contributed by atoms with Crippen molar-refractivity contribution in [3.63, 3.8) is 0 Å². The van der Waals surface area contributed by atoms with Crippen LogP contribution >= 0.6 is 15.9 Å². The van der Waals surface area contributed by atoms with Gasteiger partial charge in [-0.1, -0.05) is 34.1 Å². The Balaban J connectivity index is 2.33. The molecule has 0 unspecified atom stereocenters. The number of anilines is 1. The molecule has 0 aliphatic rings. The lowest BCUT2D eigenvalue weighted by atomic mass is 10.2. The highest BCUT2D eigenvalue weighted by Crippen LogP contribution is 2.18. The highest BCUT2D eigenvalue weighted by Gasteiger charge is 2.14. The van der Waals surface area contributed by atoms with Gasteiger partial charge in [-0.3, -0.25) is 4.72 Å². The monoisotopic (exact) mass is 350 g/mol. The van der Waals surface area contributed by atoms with Crippen LogP contribution < -0.4 is 4.72 Å². The zero-order chi connectivity index (χ0) is 14.6. The maximum absolute atomic E-state index is 12.3. The number of nitrogens with zero attached hydrogens (tertiary/aromatic N) is 1. The number of nitrogens with one attached hydrogen (secondary N) is 1. The molecule has 0 spiro atoms. The van der Waals surface area contributed by atoms with Gasteiger partial charge in [-0.25, -0.2) is 8.42 Å². The lowest BCUT2D eigenvalue weighted by Gasteiger charge is -2.09. The van der Waals surface area contributed by atoms with E-state index in [0.29, 0.717) is 16.6 Å². The molecule has 102 valence electrons. The van der Waals surface area contributed by atoms with E-state index in [9.17, 15) is 8.42 Å². The summed E-state index contributed by atoms with van der Waals surface area (Å²) in [6, 6.07) is 15.0. The number of hydrogen-bond donors (Lipinski definition) is 1. The molecular weight excluding hydrogens is 340 g/mol. The van der Waals surface area contributed by atoms with Gasteiger partial charge in [0.2, 0.25) is 0 Å². The van der Waals surface area contributed by atoms with Gasteiger partial charge >= 0.3 is 0 Å². The highest BCUT2D eigenvalue weighted by molar-refractivity contribution is 9.08. The second-order valence-corrected chi connectivity index (χ2v) is 6.32. The fourth-order valence-electron chi connectivity index (χ4n) is 1.66. The van der Waals surface area contributed by atoms with E-state index in [4.69, 9.17) is 5.26 Å². The van der Waals surface area contributed by atoms with Crippen molar-refractivity contribution in [2.75, 3.05) is 4.72 Å². The van der Waals surface area contributed by atoms with Crippen LogP contribution in [0.15, 0.2) is 53.4 Å². The summed E-state index contributed by atoms with van der Waals surface area (Å²) in [6.45, 7) is 0. The zero-order valence-corrected chi connectivity index (χ0v) is 12.8. The standard InChI is InChI=1S/C14H11BrN2O2S/c15-9-11-3-2-6-14(8-11)20(18,19)17-13-5-1-4-12(7-13)10-16/h1-8,17H,9H2. The van der Waals surface area contributed by atoms with Crippen molar-refractivity contribution in [2.45, 2.75) is 10.2 Å². The van der Waals surface area contributed by atoms with E-state index in [2.05, 4.69) is 20.7 Å². The van der Waals surface area contributed by atoms with Crippen LogP contribution in [0.2, 0.25) is 0 Å². The highest BCUT2D eigenvalue weighted by atomic mass is 79.9. The molecule has 0 aliphatic carbocycles. The summed E-state index contributed by atoms with van der Waals surface area (Å²) in [4.78, 5) is 0.191. The molecule has 0 bridgehead atoms. The fraction of sp³-hybridized carbons (Fsp3) is 0.0714. The molecule has 1 N–H and O–H groups in total. The van der Waals surface area contributed by atoms with E-state index >= 15 is 0 Å². The molecule has 0 aromatic heterocycles. The van der Waals surface area contributed by atoms with Crippen molar-refractivity contribution in [1.29, 1.82) is 5.26 Å². The quantitative estimate of drug-likeness (QED) is 0.860. The molecule has 0 saturated carbocycles. The van der Waals surface area contributed by atoms with E-state index in [1.54, 1.807) is 30.3 Å². The first-order valence-corrected chi connectivity index (χ1v) is 8.33. The molecule has 0 amide bonds. The van der Waals surface area contributed by atoms with Crippen molar-refractivity contribution in [3.05, 3.63) is 59.7 Å². The maximum atomic E-state index is 12.3. The number of nitriles is 1. The molecule has 2 rings (SSSR count). The third-order valence-corrected chi connectivity index (χ3v) is 4.63. The number of benzene rings is 2. The maximum Gasteiger partial charge on any atom is 0.261 e. The molecule has 0 saturated heterocycles. The predicted molar refractivity (Wildman–Crippen MR) is 81.0 cm³/mol. The Labute approximate surface area is 126 Å². The summed E-state index contributed by atoms with van der Waals surface area (Å²) in [5.41, 5.74) is 1.64. The molecule has 6 heteroatoms. The van der Waals surface area contributed by atoms with E-state index < -0.39 is 10.0 Å². The summed E-state index contributed by atoms with van der Waals surface area (Å²) in [5, 5.41) is 9.40. The molecule has 2 aromatic rings. The van der Waals surface area contributed by atoms with Crippen molar-refractivity contribution < 1.29 is 8.42 Å². The molecular formula is C14H11BrN2O2S. The molecule has 0 radical (unpaired) electrons. The van der Waals surface area contributed by atoms with Crippen molar-refractivity contribution >= 4 is 31.6 Å². The first-order valence-electron chi connectivity index (χ1n) is 5.73. The van der Waals surface area contributed by atoms with E-state index in [-0.39, 0.29) is 4.90 Å². The van der Waals surface area contributed by atoms with Gasteiger partial charge in [0.05, 0.1) is 22.2 Å². The minimum absolute atomic E-state index is 0.191. The minimum Gasteiger partial charge on any atom is -0.280 e. The Morgan fingerprint density at radius 3 is 2.60 bits per heavy atom. The van der Waals surface area contributed by atoms with Gasteiger partial charge in [0.1, 0.15) is 0 Å². The smallest absolute Gasteiger partial charge is 0.261 e. The molecule has 0 fully saturated rings. The third-order valence-electron chi connectivity index (χ3n) is 2.61. The normalized spacial score (nSPS) is 10.8. The van der Waals surface area contributed by atoms with Crippen molar-refractivity contribution in [2.24, 2.45) is 0 Å². The second kappa shape index (κ2) is 6.07. The van der Waals surface area contributed by atoms with Gasteiger partial charge < -0.3 is 0 Å². The summed E-state index contributed by atoms with van der Waals surface area (Å²) in [7, 11) is -3.65. The Morgan fingerprint density at radius 1 is 1.15 bits per heavy atom. The molecule has 20 heavy (non-hydrogen) atoms. The Morgan fingerprint density at radius 2 is 1.90 bits per heavy atom. The Bertz CT molecular complexity index is 767. The van der Waals surface area contributed by atoms with Crippen LogP contribution in [-0.2, 0) is 15.4 Å². The SMILES string of the molecule is N#Cc1cccc(NS(=O)(=O)c2cccc(CBr)c2)c1. The van der Waals surface area contributed by atoms with Crippen molar-refractivity contribution in [1.82, 2.24) is 0 Å². The van der Waals surface area contributed by atoms with E-state index in [0.717, 1.165) is 5.56 Å². The first kappa shape index (κ1) is 14.6. The lowest BCUT2D eigenvalue weighted by molar-refractivity contribution is 0.601. The molecule has 0 aliphatic heterocycles. The molecule has 0 heterocycles. The van der Waals surface area contributed by atoms with Gasteiger partial charge in [0.25, 0.3) is 10.0 Å². The number of rotatable bonds is 4. The number of alkyl halides is 1. The third kappa shape index (κ3) is 3.38. The lowest BCUT2D eigenvalue weighted by Crippen LogP contribution is -2.13. The van der Waals surface area contributed by atoms with Crippen LogP contribution in [0.5, 0.6) is 0 Å². The second-order valence-electron chi connectivity index (χ2n) is 4.08. The van der Waals surface area contributed by atoms with Gasteiger partial charge in [0, 0.05) is 5.33 Å². The summed E-state index contributed by atoms with van der Waals surface area (Å²) >= 11 is 3.29. The van der Waals surface area contributed by atoms with E-state index in [1.165, 1.54) is 12.1 Å². The average Bonchev–Trinajstić information content (AvgIpc) is 2.47. The molecule has 4 nitrogen and oxygen atoms in total. The summed E-state index contributed by atoms with van der Waals surface area (Å²) in [6.07, 6.45) is 0. The molecule has 2 aromatic carbocycles. The minimum atomic E-state index is -3.65. The van der Waals surface area contributed by atoms with Crippen LogP contribution in [-0.4, -0.2) is 8.42 Å². The van der Waals surface area contributed by atoms with Gasteiger partial charge in [-0.2, -0.15) is 5.26 Å². The fourth-order valence-corrected chi connectivity index (χ4v) is 3.13. The van der Waals surface area contributed by atoms with Crippen molar-refractivity contribution in [3.8, 4) is 6.07 Å². The number of sulfonamides is 1. The average molecular weight is 351 g/mol. The van der Waals surface area contributed by atoms with Crippen LogP contribution in [0, 0.1) is 11.3 Å². The largest absolute Gasteiger partial charge is 0.280 e. The molecule has 0 atom stereocenters. The first-order chi connectivity index (χ1) is 9.55. The van der Waals surface area contributed by atoms with Gasteiger partial charge in [0.15, 0.2) is 0 Å². The van der Waals surface area contributed by atoms with Crippen LogP contribution in [0.25, 0.3) is 0 Å². The zero-order valence-electron chi connectivity index (χ0n) is 10.4. The number of halogens is 1. The van der Waals surface area contributed by atoms with E-state index in [1.807, 2.05) is 12.1 Å². The predicted octanol–water partition coefficient (Wildman–Crippen LogP) is 3.25.